The van der Waals surface area contributed by atoms with Crippen molar-refractivity contribution in [3.8, 4) is 0 Å². The van der Waals surface area contributed by atoms with Crippen LogP contribution in [-0.2, 0) is 0 Å². The molecule has 0 saturated carbocycles. The second-order valence-electron chi connectivity index (χ2n) is 2.75. The highest BCUT2D eigenvalue weighted by Gasteiger charge is 2.31. The molecule has 0 aliphatic heterocycles. The zero-order chi connectivity index (χ0) is 9.90. The second kappa shape index (κ2) is 3.79. The number of hydrogen-bond acceptors (Lipinski definition) is 1. The van der Waals surface area contributed by atoms with E-state index in [9.17, 15) is 13.2 Å². The van der Waals surface area contributed by atoms with Crippen LogP contribution in [0.3, 0.4) is 0 Å². The van der Waals surface area contributed by atoms with Crippen molar-refractivity contribution < 1.29 is 18.3 Å². The summed E-state index contributed by atoms with van der Waals surface area (Å²) in [7, 11) is 0. The van der Waals surface area contributed by atoms with Crippen LogP contribution < -0.4 is 0 Å². The van der Waals surface area contributed by atoms with Crippen molar-refractivity contribution in [3.63, 3.8) is 0 Å². The van der Waals surface area contributed by atoms with Gasteiger partial charge >= 0.3 is 6.18 Å². The fourth-order valence-electron chi connectivity index (χ4n) is 1.01. The van der Waals surface area contributed by atoms with Crippen molar-refractivity contribution in [2.45, 2.75) is 18.7 Å². The SMILES string of the molecule is O[C@@H](CC(F)(F)F)c1ccccc1. The predicted molar refractivity (Wildman–Crippen MR) is 42.1 cm³/mol. The van der Waals surface area contributed by atoms with Crippen LogP contribution in [0, 0.1) is 0 Å². The third-order valence-corrected chi connectivity index (χ3v) is 1.61. The van der Waals surface area contributed by atoms with Crippen molar-refractivity contribution in [2.75, 3.05) is 0 Å². The molecule has 4 heteroatoms. The number of hydrogen-bond donors (Lipinski definition) is 1. The molecule has 1 atom stereocenters. The second-order valence-corrected chi connectivity index (χ2v) is 2.75. The molecule has 0 amide bonds. The van der Waals surface area contributed by atoms with E-state index in [1.165, 1.54) is 12.1 Å². The van der Waals surface area contributed by atoms with Gasteiger partial charge < -0.3 is 5.11 Å². The first-order valence-electron chi connectivity index (χ1n) is 3.79. The van der Waals surface area contributed by atoms with Crippen LogP contribution in [0.2, 0.25) is 0 Å². The lowest BCUT2D eigenvalue weighted by Crippen LogP contribution is -2.13. The summed E-state index contributed by atoms with van der Waals surface area (Å²) in [5.41, 5.74) is 0.292. The van der Waals surface area contributed by atoms with Gasteiger partial charge in [-0.25, -0.2) is 0 Å². The van der Waals surface area contributed by atoms with Gasteiger partial charge in [0.05, 0.1) is 12.5 Å². The Bertz CT molecular complexity index is 255. The summed E-state index contributed by atoms with van der Waals surface area (Å²) in [6, 6.07) is 7.81. The van der Waals surface area contributed by atoms with Gasteiger partial charge in [-0.15, -0.1) is 0 Å². The van der Waals surface area contributed by atoms with E-state index in [0.29, 0.717) is 5.56 Å². The van der Waals surface area contributed by atoms with E-state index in [-0.39, 0.29) is 0 Å². The monoisotopic (exact) mass is 190 g/mol. The molecule has 0 heterocycles. The molecule has 0 bridgehead atoms. The Morgan fingerprint density at radius 3 is 2.15 bits per heavy atom. The molecule has 13 heavy (non-hydrogen) atoms. The Morgan fingerprint density at radius 1 is 1.15 bits per heavy atom. The molecular weight excluding hydrogens is 181 g/mol. The van der Waals surface area contributed by atoms with Crippen LogP contribution in [0.25, 0.3) is 0 Å². The maximum atomic E-state index is 11.8. The Labute approximate surface area is 73.8 Å². The first-order chi connectivity index (χ1) is 5.99. The molecule has 1 rings (SSSR count). The summed E-state index contributed by atoms with van der Waals surface area (Å²) in [5.74, 6) is 0. The molecule has 1 N–H and O–H groups in total. The first kappa shape index (κ1) is 10.1. The number of halogens is 3. The summed E-state index contributed by atoms with van der Waals surface area (Å²) in [5, 5.41) is 9.14. The lowest BCUT2D eigenvalue weighted by atomic mass is 10.1. The van der Waals surface area contributed by atoms with E-state index in [2.05, 4.69) is 0 Å². The van der Waals surface area contributed by atoms with Crippen LogP contribution in [0.5, 0.6) is 0 Å². The Balaban J connectivity index is 2.64. The average molecular weight is 190 g/mol. The zero-order valence-corrected chi connectivity index (χ0v) is 6.75. The van der Waals surface area contributed by atoms with Gasteiger partial charge in [0, 0.05) is 0 Å². The van der Waals surface area contributed by atoms with Crippen LogP contribution in [0.1, 0.15) is 18.1 Å². The predicted octanol–water partition coefficient (Wildman–Crippen LogP) is 2.67. The minimum absolute atomic E-state index is 0.292. The van der Waals surface area contributed by atoms with E-state index < -0.39 is 18.7 Å². The normalized spacial score (nSPS) is 14.2. The summed E-state index contributed by atoms with van der Waals surface area (Å²) in [4.78, 5) is 0. The van der Waals surface area contributed by atoms with Gasteiger partial charge in [-0.1, -0.05) is 30.3 Å². The summed E-state index contributed by atoms with van der Waals surface area (Å²) in [6.07, 6.45) is -6.98. The van der Waals surface area contributed by atoms with Gasteiger partial charge in [0.1, 0.15) is 0 Å². The standard InChI is InChI=1S/C9H9F3O/c10-9(11,12)6-8(13)7-4-2-1-3-5-7/h1-5,8,13H,6H2/t8-/m0/s1. The fourth-order valence-corrected chi connectivity index (χ4v) is 1.01. The molecule has 0 unspecified atom stereocenters. The van der Waals surface area contributed by atoms with Crippen molar-refractivity contribution >= 4 is 0 Å². The van der Waals surface area contributed by atoms with E-state index >= 15 is 0 Å². The minimum Gasteiger partial charge on any atom is -0.388 e. The summed E-state index contributed by atoms with van der Waals surface area (Å²) < 4.78 is 35.5. The Morgan fingerprint density at radius 2 is 1.69 bits per heavy atom. The number of aliphatic hydroxyl groups is 1. The number of rotatable bonds is 2. The van der Waals surface area contributed by atoms with Gasteiger partial charge in [0.25, 0.3) is 0 Å². The molecular formula is C9H9F3O. The van der Waals surface area contributed by atoms with Crippen molar-refractivity contribution in [1.82, 2.24) is 0 Å². The highest BCUT2D eigenvalue weighted by Crippen LogP contribution is 2.28. The first-order valence-corrected chi connectivity index (χ1v) is 3.79. The van der Waals surface area contributed by atoms with Gasteiger partial charge in [0.15, 0.2) is 0 Å². The lowest BCUT2D eigenvalue weighted by molar-refractivity contribution is -0.154. The smallest absolute Gasteiger partial charge is 0.388 e. The molecule has 0 aliphatic carbocycles. The summed E-state index contributed by atoms with van der Waals surface area (Å²) in [6.45, 7) is 0. The van der Waals surface area contributed by atoms with Gasteiger partial charge in [0.2, 0.25) is 0 Å². The third kappa shape index (κ3) is 3.46. The largest absolute Gasteiger partial charge is 0.391 e. The van der Waals surface area contributed by atoms with E-state index in [1.54, 1.807) is 18.2 Å². The molecule has 0 saturated heterocycles. The number of alkyl halides is 3. The zero-order valence-electron chi connectivity index (χ0n) is 6.75. The Hall–Kier alpha value is -1.03. The van der Waals surface area contributed by atoms with Crippen LogP contribution in [0.15, 0.2) is 30.3 Å². The molecule has 0 aromatic heterocycles. The number of benzene rings is 1. The highest BCUT2D eigenvalue weighted by molar-refractivity contribution is 5.17. The fraction of sp³-hybridized carbons (Fsp3) is 0.333. The van der Waals surface area contributed by atoms with E-state index in [1.807, 2.05) is 0 Å². The Kier molecular flexibility index (Phi) is 2.93. The maximum absolute atomic E-state index is 11.8. The van der Waals surface area contributed by atoms with Crippen molar-refractivity contribution in [3.05, 3.63) is 35.9 Å². The molecule has 1 aromatic carbocycles. The quantitative estimate of drug-likeness (QED) is 0.760. The molecule has 1 aromatic rings. The maximum Gasteiger partial charge on any atom is 0.391 e. The van der Waals surface area contributed by atoms with Gasteiger partial charge in [-0.05, 0) is 5.56 Å². The van der Waals surface area contributed by atoms with E-state index in [4.69, 9.17) is 5.11 Å². The molecule has 0 radical (unpaired) electrons. The minimum atomic E-state index is -4.32. The van der Waals surface area contributed by atoms with Crippen molar-refractivity contribution in [2.24, 2.45) is 0 Å². The molecule has 0 aliphatic rings. The van der Waals surface area contributed by atoms with Crippen LogP contribution >= 0.6 is 0 Å². The molecule has 0 spiro atoms. The molecule has 0 fully saturated rings. The van der Waals surface area contributed by atoms with Gasteiger partial charge in [-0.3, -0.25) is 0 Å². The van der Waals surface area contributed by atoms with Crippen LogP contribution in [0.4, 0.5) is 13.2 Å². The van der Waals surface area contributed by atoms with Crippen LogP contribution in [-0.4, -0.2) is 11.3 Å². The number of aliphatic hydroxyl groups excluding tert-OH is 1. The van der Waals surface area contributed by atoms with E-state index in [0.717, 1.165) is 0 Å². The highest BCUT2D eigenvalue weighted by atomic mass is 19.4. The lowest BCUT2D eigenvalue weighted by Gasteiger charge is -2.12. The van der Waals surface area contributed by atoms with Crippen molar-refractivity contribution in [1.29, 1.82) is 0 Å². The average Bonchev–Trinajstić information content (AvgIpc) is 2.03. The third-order valence-electron chi connectivity index (χ3n) is 1.61. The molecule has 72 valence electrons. The topological polar surface area (TPSA) is 20.2 Å². The summed E-state index contributed by atoms with van der Waals surface area (Å²) >= 11 is 0. The molecule has 1 nitrogen and oxygen atoms in total. The van der Waals surface area contributed by atoms with Gasteiger partial charge in [-0.2, -0.15) is 13.2 Å².